The minimum Gasteiger partial charge on any atom is -0.298 e. The standard InChI is InChI=1S/C20H11N2OP/c21-11-15-9-14(13-23)10-16(12-22)24(15)19-7-3-1-5-17(19)18-6-2-4-8-20(18)24/h1-10,13H. The molecular formula is C20H11N2OP. The second-order valence-electron chi connectivity index (χ2n) is 5.61. The second kappa shape index (κ2) is 5.20. The first-order chi connectivity index (χ1) is 11.8. The number of nitriles is 2. The maximum atomic E-state index is 11.2. The molecule has 24 heavy (non-hydrogen) atoms. The van der Waals surface area contributed by atoms with Gasteiger partial charge in [-0.2, -0.15) is 10.5 Å². The van der Waals surface area contributed by atoms with Gasteiger partial charge in [-0.05, 0) is 33.9 Å². The zero-order valence-corrected chi connectivity index (χ0v) is 13.5. The van der Waals surface area contributed by atoms with Gasteiger partial charge in [-0.15, -0.1) is 0 Å². The van der Waals surface area contributed by atoms with Crippen LogP contribution in [0.3, 0.4) is 0 Å². The Hall–Kier alpha value is -3.13. The van der Waals surface area contributed by atoms with Crippen molar-refractivity contribution in [1.82, 2.24) is 0 Å². The molecule has 0 bridgehead atoms. The summed E-state index contributed by atoms with van der Waals surface area (Å²) in [4.78, 5) is 11.2. The fraction of sp³-hybridized carbons (Fsp3) is 0. The first-order valence-corrected chi connectivity index (χ1v) is 9.21. The van der Waals surface area contributed by atoms with Crippen LogP contribution in [0.1, 0.15) is 0 Å². The van der Waals surface area contributed by atoms with Gasteiger partial charge in [-0.3, -0.25) is 4.79 Å². The van der Waals surface area contributed by atoms with Crippen molar-refractivity contribution in [3.63, 3.8) is 0 Å². The van der Waals surface area contributed by atoms with Crippen LogP contribution in [0.4, 0.5) is 0 Å². The molecule has 0 amide bonds. The Morgan fingerprint density at radius 3 is 1.92 bits per heavy atom. The zero-order chi connectivity index (χ0) is 16.7. The molecule has 2 aromatic rings. The third kappa shape index (κ3) is 1.63. The Kier molecular flexibility index (Phi) is 3.14. The third-order valence-electron chi connectivity index (χ3n) is 4.52. The smallest absolute Gasteiger partial charge is 0.150 e. The molecule has 0 aromatic heterocycles. The van der Waals surface area contributed by atoms with Crippen LogP contribution in [-0.4, -0.2) is 11.6 Å². The molecule has 0 unspecified atom stereocenters. The Bertz CT molecular complexity index is 1060. The van der Waals surface area contributed by atoms with Crippen LogP contribution in [0.25, 0.3) is 11.1 Å². The molecule has 4 rings (SSSR count). The van der Waals surface area contributed by atoms with Crippen molar-refractivity contribution in [2.24, 2.45) is 0 Å². The van der Waals surface area contributed by atoms with Crippen LogP contribution < -0.4 is 10.6 Å². The minimum atomic E-state index is -2.47. The number of benzene rings is 2. The molecule has 0 atom stereocenters. The fourth-order valence-corrected chi connectivity index (χ4v) is 7.87. The summed E-state index contributed by atoms with van der Waals surface area (Å²) >= 11 is 0. The molecule has 2 heterocycles. The largest absolute Gasteiger partial charge is 0.298 e. The summed E-state index contributed by atoms with van der Waals surface area (Å²) in [6.45, 7) is -2.47. The monoisotopic (exact) mass is 326 g/mol. The summed E-state index contributed by atoms with van der Waals surface area (Å²) in [5.74, 6) is 0. The van der Waals surface area contributed by atoms with Crippen molar-refractivity contribution < 1.29 is 4.79 Å². The van der Waals surface area contributed by atoms with Gasteiger partial charge in [-0.25, -0.2) is 0 Å². The Balaban J connectivity index is 2.30. The molecular weight excluding hydrogens is 315 g/mol. The van der Waals surface area contributed by atoms with E-state index in [0.717, 1.165) is 21.7 Å². The predicted molar refractivity (Wildman–Crippen MR) is 96.5 cm³/mol. The van der Waals surface area contributed by atoms with Crippen molar-refractivity contribution in [2.45, 2.75) is 0 Å². The molecule has 3 nitrogen and oxygen atoms in total. The van der Waals surface area contributed by atoms with Gasteiger partial charge in [-0.1, -0.05) is 48.5 Å². The number of hydrogen-bond donors (Lipinski definition) is 0. The van der Waals surface area contributed by atoms with Gasteiger partial charge in [0.05, 0.1) is 10.6 Å². The Labute approximate surface area is 139 Å². The normalized spacial score (nSPS) is 16.3. The summed E-state index contributed by atoms with van der Waals surface area (Å²) in [6.07, 6.45) is 3.97. The molecule has 2 aromatic carbocycles. The molecule has 112 valence electrons. The molecule has 1 spiro atoms. The molecule has 2 aliphatic rings. The highest BCUT2D eigenvalue weighted by atomic mass is 31.2. The summed E-state index contributed by atoms with van der Waals surface area (Å²) in [5, 5.41) is 22.8. The first-order valence-electron chi connectivity index (χ1n) is 7.43. The van der Waals surface area contributed by atoms with Crippen molar-refractivity contribution in [2.75, 3.05) is 0 Å². The van der Waals surface area contributed by atoms with E-state index in [0.29, 0.717) is 22.5 Å². The third-order valence-corrected chi connectivity index (χ3v) is 8.64. The average molecular weight is 326 g/mol. The van der Waals surface area contributed by atoms with Crippen LogP contribution in [0.5, 0.6) is 0 Å². The van der Waals surface area contributed by atoms with Gasteiger partial charge in [0.25, 0.3) is 0 Å². The van der Waals surface area contributed by atoms with Crippen molar-refractivity contribution in [1.29, 1.82) is 10.5 Å². The molecule has 0 aliphatic carbocycles. The fourth-order valence-electron chi connectivity index (χ4n) is 3.60. The number of rotatable bonds is 1. The van der Waals surface area contributed by atoms with Crippen LogP contribution >= 0.6 is 6.89 Å². The van der Waals surface area contributed by atoms with Gasteiger partial charge in [0.1, 0.15) is 18.4 Å². The van der Waals surface area contributed by atoms with E-state index in [9.17, 15) is 15.3 Å². The molecule has 4 heteroatoms. The maximum Gasteiger partial charge on any atom is 0.150 e. The number of carbonyl (C=O) groups is 1. The summed E-state index contributed by atoms with van der Waals surface area (Å²) < 4.78 is 0. The maximum absolute atomic E-state index is 11.2. The Morgan fingerprint density at radius 2 is 1.42 bits per heavy atom. The highest BCUT2D eigenvalue weighted by molar-refractivity contribution is 7.94. The molecule has 0 radical (unpaired) electrons. The molecule has 2 aliphatic heterocycles. The average Bonchev–Trinajstić information content (AvgIpc) is 2.94. The molecule has 0 fully saturated rings. The van der Waals surface area contributed by atoms with E-state index in [1.165, 1.54) is 0 Å². The second-order valence-corrected chi connectivity index (χ2v) is 8.87. The number of fused-ring (bicyclic) bond motifs is 5. The van der Waals surface area contributed by atoms with Gasteiger partial charge in [0.15, 0.2) is 0 Å². The summed E-state index contributed by atoms with van der Waals surface area (Å²) in [5.41, 5.74) is 2.51. The van der Waals surface area contributed by atoms with E-state index < -0.39 is 6.89 Å². The lowest BCUT2D eigenvalue weighted by Crippen LogP contribution is -2.20. The van der Waals surface area contributed by atoms with Gasteiger partial charge in [0, 0.05) is 12.5 Å². The van der Waals surface area contributed by atoms with E-state index in [1.807, 2.05) is 48.5 Å². The van der Waals surface area contributed by atoms with E-state index >= 15 is 0 Å². The summed E-state index contributed by atoms with van der Waals surface area (Å²) in [7, 11) is 0. The number of nitrogens with zero attached hydrogens (tertiary/aromatic N) is 2. The quantitative estimate of drug-likeness (QED) is 0.598. The van der Waals surface area contributed by atoms with E-state index in [4.69, 9.17) is 0 Å². The Morgan fingerprint density at radius 1 is 0.833 bits per heavy atom. The van der Waals surface area contributed by atoms with E-state index in [1.54, 1.807) is 12.2 Å². The van der Waals surface area contributed by atoms with Gasteiger partial charge < -0.3 is 0 Å². The SMILES string of the molecule is N#CC1=CC(C=O)=CC(C#N)=P12c1ccccc1-c1ccccc12. The topological polar surface area (TPSA) is 64.7 Å². The lowest BCUT2D eigenvalue weighted by molar-refractivity contribution is -0.104. The van der Waals surface area contributed by atoms with E-state index in [-0.39, 0.29) is 0 Å². The number of allylic oxidation sites excluding steroid dienone is 4. The van der Waals surface area contributed by atoms with Gasteiger partial charge in [0.2, 0.25) is 0 Å². The van der Waals surface area contributed by atoms with Crippen molar-refractivity contribution >= 4 is 29.1 Å². The lowest BCUT2D eigenvalue weighted by Gasteiger charge is -2.27. The van der Waals surface area contributed by atoms with Crippen molar-refractivity contribution in [3.05, 3.63) is 71.6 Å². The van der Waals surface area contributed by atoms with Gasteiger partial charge >= 0.3 is 0 Å². The van der Waals surface area contributed by atoms with Crippen LogP contribution in [-0.2, 0) is 4.79 Å². The summed E-state index contributed by atoms with van der Waals surface area (Å²) in [6, 6.07) is 20.5. The number of hydrogen-bond acceptors (Lipinski definition) is 3. The number of carbonyl (C=O) groups excluding carboxylic acids is 1. The molecule has 0 saturated heterocycles. The predicted octanol–water partition coefficient (Wildman–Crippen LogP) is 2.88. The lowest BCUT2D eigenvalue weighted by atomic mass is 10.1. The molecule has 0 N–H and O–H groups in total. The highest BCUT2D eigenvalue weighted by Gasteiger charge is 2.41. The van der Waals surface area contributed by atoms with Crippen LogP contribution in [0.15, 0.2) is 71.6 Å². The zero-order valence-electron chi connectivity index (χ0n) is 12.6. The van der Waals surface area contributed by atoms with E-state index in [2.05, 4.69) is 12.1 Å². The van der Waals surface area contributed by atoms with Crippen LogP contribution in [0, 0.1) is 22.7 Å². The van der Waals surface area contributed by atoms with Crippen molar-refractivity contribution in [3.8, 4) is 23.3 Å². The minimum absolute atomic E-state index is 0.371. The highest BCUT2D eigenvalue weighted by Crippen LogP contribution is 2.62. The number of aldehydes is 1. The molecule has 0 saturated carbocycles. The van der Waals surface area contributed by atoms with Crippen LogP contribution in [0.2, 0.25) is 0 Å². The first kappa shape index (κ1) is 14.5.